The molecule has 92 valence electrons. The molecule has 18 heavy (non-hydrogen) atoms. The van der Waals surface area contributed by atoms with Crippen LogP contribution in [0.25, 0.3) is 0 Å². The van der Waals surface area contributed by atoms with E-state index in [0.717, 1.165) is 6.07 Å². The molecule has 0 aliphatic heterocycles. The van der Waals surface area contributed by atoms with E-state index < -0.39 is 17.5 Å². The van der Waals surface area contributed by atoms with Gasteiger partial charge < -0.3 is 5.32 Å². The summed E-state index contributed by atoms with van der Waals surface area (Å²) in [6.45, 7) is 1.45. The lowest BCUT2D eigenvalue weighted by Crippen LogP contribution is -2.15. The number of aryl methyl sites for hydroxylation is 1. The number of carbonyl (C=O) groups excluding carboxylic acids is 1. The second-order valence-corrected chi connectivity index (χ2v) is 3.63. The molecular formula is C12H9F2N3O. The fraction of sp³-hybridized carbons (Fsp3) is 0.0833. The molecule has 0 saturated heterocycles. The standard InChI is InChI=1S/C12H9F2N3O/c1-7-4-8(10(14)5-9(7)13)12(18)17-11-6-15-2-3-16-11/h2-6H,1H3,(H,16,17,18). The molecule has 0 fully saturated rings. The predicted octanol–water partition coefficient (Wildman–Crippen LogP) is 2.32. The Labute approximate surface area is 102 Å². The Balaban J connectivity index is 2.27. The van der Waals surface area contributed by atoms with Gasteiger partial charge in [0.25, 0.3) is 5.91 Å². The first-order valence-corrected chi connectivity index (χ1v) is 5.11. The molecule has 1 aromatic heterocycles. The highest BCUT2D eigenvalue weighted by Gasteiger charge is 2.15. The fourth-order valence-corrected chi connectivity index (χ4v) is 1.38. The first-order valence-electron chi connectivity index (χ1n) is 5.11. The van der Waals surface area contributed by atoms with Gasteiger partial charge in [-0.2, -0.15) is 0 Å². The zero-order valence-electron chi connectivity index (χ0n) is 9.45. The second-order valence-electron chi connectivity index (χ2n) is 3.63. The number of nitrogens with one attached hydrogen (secondary N) is 1. The molecule has 0 spiro atoms. The minimum Gasteiger partial charge on any atom is -0.305 e. The van der Waals surface area contributed by atoms with Crippen LogP contribution in [-0.2, 0) is 0 Å². The van der Waals surface area contributed by atoms with Crippen molar-refractivity contribution in [3.05, 3.63) is 53.5 Å². The quantitative estimate of drug-likeness (QED) is 0.888. The van der Waals surface area contributed by atoms with Crippen molar-refractivity contribution >= 4 is 11.7 Å². The van der Waals surface area contributed by atoms with E-state index in [4.69, 9.17) is 0 Å². The van der Waals surface area contributed by atoms with E-state index >= 15 is 0 Å². The van der Waals surface area contributed by atoms with Gasteiger partial charge in [-0.05, 0) is 18.6 Å². The number of rotatable bonds is 2. The maximum atomic E-state index is 13.4. The molecule has 1 aromatic carbocycles. The Morgan fingerprint density at radius 2 is 2.00 bits per heavy atom. The zero-order valence-corrected chi connectivity index (χ0v) is 9.45. The summed E-state index contributed by atoms with van der Waals surface area (Å²) in [6, 6.07) is 1.83. The molecule has 0 unspecified atom stereocenters. The molecule has 2 aromatic rings. The van der Waals surface area contributed by atoms with E-state index in [1.807, 2.05) is 0 Å². The molecule has 0 radical (unpaired) electrons. The molecule has 1 heterocycles. The zero-order chi connectivity index (χ0) is 13.1. The molecule has 0 aliphatic carbocycles. The summed E-state index contributed by atoms with van der Waals surface area (Å²) in [5, 5.41) is 2.37. The monoisotopic (exact) mass is 249 g/mol. The van der Waals surface area contributed by atoms with Crippen LogP contribution >= 0.6 is 0 Å². The highest BCUT2D eigenvalue weighted by Crippen LogP contribution is 2.15. The van der Waals surface area contributed by atoms with Crippen molar-refractivity contribution in [2.24, 2.45) is 0 Å². The Morgan fingerprint density at radius 1 is 1.22 bits per heavy atom. The Kier molecular flexibility index (Phi) is 3.27. The van der Waals surface area contributed by atoms with Crippen LogP contribution in [0.1, 0.15) is 15.9 Å². The number of nitrogens with zero attached hydrogens (tertiary/aromatic N) is 2. The first-order chi connectivity index (χ1) is 8.58. The molecule has 0 aliphatic rings. The van der Waals surface area contributed by atoms with Crippen molar-refractivity contribution in [1.82, 2.24) is 9.97 Å². The minimum atomic E-state index is -0.917. The van der Waals surface area contributed by atoms with Gasteiger partial charge in [0, 0.05) is 18.5 Å². The number of anilines is 1. The van der Waals surface area contributed by atoms with Crippen LogP contribution in [0.3, 0.4) is 0 Å². The molecule has 2 rings (SSSR count). The summed E-state index contributed by atoms with van der Waals surface area (Å²) < 4.78 is 26.5. The fourth-order valence-electron chi connectivity index (χ4n) is 1.38. The number of aromatic nitrogens is 2. The summed E-state index contributed by atoms with van der Waals surface area (Å²) in [7, 11) is 0. The average molecular weight is 249 g/mol. The van der Waals surface area contributed by atoms with Crippen LogP contribution in [0.4, 0.5) is 14.6 Å². The van der Waals surface area contributed by atoms with Crippen LogP contribution in [0.15, 0.2) is 30.7 Å². The lowest BCUT2D eigenvalue weighted by molar-refractivity contribution is 0.102. The van der Waals surface area contributed by atoms with E-state index in [1.165, 1.54) is 25.5 Å². The largest absolute Gasteiger partial charge is 0.305 e. The van der Waals surface area contributed by atoms with Gasteiger partial charge in [-0.25, -0.2) is 13.8 Å². The molecule has 4 nitrogen and oxygen atoms in total. The molecule has 0 saturated carbocycles. The molecule has 1 N–H and O–H groups in total. The lowest BCUT2D eigenvalue weighted by Gasteiger charge is -2.06. The van der Waals surface area contributed by atoms with Crippen molar-refractivity contribution in [2.45, 2.75) is 6.92 Å². The molecular weight excluding hydrogens is 240 g/mol. The highest BCUT2D eigenvalue weighted by atomic mass is 19.1. The topological polar surface area (TPSA) is 54.9 Å². The summed E-state index contributed by atoms with van der Waals surface area (Å²) in [4.78, 5) is 19.3. The summed E-state index contributed by atoms with van der Waals surface area (Å²) in [5.74, 6) is -2.11. The van der Waals surface area contributed by atoms with Crippen LogP contribution in [0.5, 0.6) is 0 Å². The molecule has 6 heteroatoms. The summed E-state index contributed by atoms with van der Waals surface area (Å²) >= 11 is 0. The van der Waals surface area contributed by atoms with Crippen molar-refractivity contribution in [3.8, 4) is 0 Å². The Bertz CT molecular complexity index is 587. The third-order valence-corrected chi connectivity index (χ3v) is 2.30. The van der Waals surface area contributed by atoms with Crippen LogP contribution in [0.2, 0.25) is 0 Å². The molecule has 1 amide bonds. The number of benzene rings is 1. The number of hydrogen-bond acceptors (Lipinski definition) is 3. The van der Waals surface area contributed by atoms with E-state index in [0.29, 0.717) is 6.07 Å². The summed E-state index contributed by atoms with van der Waals surface area (Å²) in [5.41, 5.74) is -0.0414. The normalized spacial score (nSPS) is 10.2. The number of carbonyl (C=O) groups is 1. The van der Waals surface area contributed by atoms with Gasteiger partial charge in [0.15, 0.2) is 5.82 Å². The van der Waals surface area contributed by atoms with Gasteiger partial charge in [-0.3, -0.25) is 9.78 Å². The number of amides is 1. The summed E-state index contributed by atoms with van der Waals surface area (Å²) in [6.07, 6.45) is 4.16. The van der Waals surface area contributed by atoms with E-state index in [1.54, 1.807) is 0 Å². The van der Waals surface area contributed by atoms with Crippen LogP contribution in [0, 0.1) is 18.6 Å². The van der Waals surface area contributed by atoms with Crippen LogP contribution in [-0.4, -0.2) is 15.9 Å². The third kappa shape index (κ3) is 2.48. The maximum absolute atomic E-state index is 13.4. The number of halogens is 2. The number of hydrogen-bond donors (Lipinski definition) is 1. The van der Waals surface area contributed by atoms with E-state index in [2.05, 4.69) is 15.3 Å². The highest BCUT2D eigenvalue weighted by molar-refractivity contribution is 6.04. The van der Waals surface area contributed by atoms with Crippen molar-refractivity contribution < 1.29 is 13.6 Å². The van der Waals surface area contributed by atoms with Gasteiger partial charge in [-0.1, -0.05) is 0 Å². The Hall–Kier alpha value is -2.37. The molecule has 0 bridgehead atoms. The van der Waals surface area contributed by atoms with E-state index in [-0.39, 0.29) is 16.9 Å². The van der Waals surface area contributed by atoms with Gasteiger partial charge >= 0.3 is 0 Å². The van der Waals surface area contributed by atoms with Crippen molar-refractivity contribution in [1.29, 1.82) is 0 Å². The van der Waals surface area contributed by atoms with Crippen LogP contribution < -0.4 is 5.32 Å². The van der Waals surface area contributed by atoms with Gasteiger partial charge in [-0.15, -0.1) is 0 Å². The molecule has 0 atom stereocenters. The van der Waals surface area contributed by atoms with Gasteiger partial charge in [0.1, 0.15) is 11.6 Å². The minimum absolute atomic E-state index is 0.195. The predicted molar refractivity (Wildman–Crippen MR) is 61.1 cm³/mol. The maximum Gasteiger partial charge on any atom is 0.259 e. The van der Waals surface area contributed by atoms with Gasteiger partial charge in [0.05, 0.1) is 11.8 Å². The van der Waals surface area contributed by atoms with E-state index in [9.17, 15) is 13.6 Å². The smallest absolute Gasteiger partial charge is 0.259 e. The van der Waals surface area contributed by atoms with Crippen molar-refractivity contribution in [3.63, 3.8) is 0 Å². The first kappa shape index (κ1) is 12.1. The average Bonchev–Trinajstić information content (AvgIpc) is 2.35. The second kappa shape index (κ2) is 4.87. The SMILES string of the molecule is Cc1cc(C(=O)Nc2cnccn2)c(F)cc1F. The van der Waals surface area contributed by atoms with Crippen molar-refractivity contribution in [2.75, 3.05) is 5.32 Å². The Morgan fingerprint density at radius 3 is 2.67 bits per heavy atom. The third-order valence-electron chi connectivity index (χ3n) is 2.30. The van der Waals surface area contributed by atoms with Gasteiger partial charge in [0.2, 0.25) is 0 Å². The lowest BCUT2D eigenvalue weighted by atomic mass is 10.1.